The predicted octanol–water partition coefficient (Wildman–Crippen LogP) is 5.12. The Morgan fingerprint density at radius 2 is 1.49 bits per heavy atom. The molecule has 0 heterocycles. The van der Waals surface area contributed by atoms with Crippen molar-refractivity contribution in [3.63, 3.8) is 0 Å². The molecular formula is C34H47N3O5S. The summed E-state index contributed by atoms with van der Waals surface area (Å²) in [5.74, 6) is 2.65. The number of nitrogens with one attached hydrogen (secondary N) is 1. The number of nitrogens with zero attached hydrogens (tertiary/aromatic N) is 2. The Hall–Kier alpha value is -3.07. The number of ether oxygens (including phenoxy) is 1. The van der Waals surface area contributed by atoms with E-state index in [0.29, 0.717) is 18.0 Å². The third kappa shape index (κ3) is 7.03. The first-order valence-corrected chi connectivity index (χ1v) is 17.5. The zero-order valence-corrected chi connectivity index (χ0v) is 27.0. The number of carbonyl (C=O) groups is 2. The smallest absolute Gasteiger partial charge is 0.244 e. The number of hydrogen-bond acceptors (Lipinski definition) is 5. The largest absolute Gasteiger partial charge is 0.497 e. The fraction of sp³-hybridized carbons (Fsp3) is 0.588. The minimum absolute atomic E-state index is 0.154. The van der Waals surface area contributed by atoms with E-state index in [1.165, 1.54) is 53.3 Å². The number of carbonyl (C=O) groups excluding carboxylic acids is 2. The van der Waals surface area contributed by atoms with Gasteiger partial charge in [-0.2, -0.15) is 0 Å². The van der Waals surface area contributed by atoms with E-state index in [4.69, 9.17) is 4.74 Å². The van der Waals surface area contributed by atoms with E-state index in [-0.39, 0.29) is 23.8 Å². The minimum Gasteiger partial charge on any atom is -0.497 e. The number of hydrogen-bond donors (Lipinski definition) is 1. The molecule has 2 amide bonds. The maximum Gasteiger partial charge on any atom is 0.244 e. The van der Waals surface area contributed by atoms with Crippen LogP contribution in [0.2, 0.25) is 0 Å². The summed E-state index contributed by atoms with van der Waals surface area (Å²) in [6, 6.07) is 14.4. The first-order chi connectivity index (χ1) is 20.4. The highest BCUT2D eigenvalue weighted by atomic mass is 32.2. The van der Waals surface area contributed by atoms with Gasteiger partial charge in [-0.25, -0.2) is 8.42 Å². The summed E-state index contributed by atoms with van der Waals surface area (Å²) in [7, 11) is -2.20. The average Bonchev–Trinajstić information content (AvgIpc) is 2.96. The van der Waals surface area contributed by atoms with Crippen molar-refractivity contribution >= 4 is 27.5 Å². The third-order valence-electron chi connectivity index (χ3n) is 9.85. The van der Waals surface area contributed by atoms with Crippen LogP contribution in [0.4, 0.5) is 5.69 Å². The summed E-state index contributed by atoms with van der Waals surface area (Å²) < 4.78 is 32.6. The second-order valence-electron chi connectivity index (χ2n) is 13.7. The monoisotopic (exact) mass is 609 g/mol. The standard InChI is InChI=1S/C34H47N3O5S/c1-23(2)20-35-33(39)24(3)36(21-25-6-12-31(42-4)13-7-25)32(38)22-37(43(5,40)41)30-10-8-29(9-11-30)34-17-26-14-27(18-34)16-28(15-26)19-34/h6-13,23-24,26-28H,14-22H2,1-5H3,(H,35,39)/t24-,26?,27?,28?,34?/m0/s1. The van der Waals surface area contributed by atoms with Gasteiger partial charge in [-0.1, -0.05) is 38.1 Å². The van der Waals surface area contributed by atoms with Crippen molar-refractivity contribution in [3.8, 4) is 5.75 Å². The lowest BCUT2D eigenvalue weighted by molar-refractivity contribution is -0.139. The Labute approximate surface area is 257 Å². The summed E-state index contributed by atoms with van der Waals surface area (Å²) in [5.41, 5.74) is 2.77. The molecule has 0 spiro atoms. The van der Waals surface area contributed by atoms with Gasteiger partial charge in [0.05, 0.1) is 19.1 Å². The van der Waals surface area contributed by atoms with Gasteiger partial charge in [-0.15, -0.1) is 0 Å². The minimum atomic E-state index is -3.78. The molecule has 4 fully saturated rings. The first kappa shape index (κ1) is 31.4. The molecule has 4 aliphatic rings. The molecule has 4 saturated carbocycles. The summed E-state index contributed by atoms with van der Waals surface area (Å²) in [6.07, 6.45) is 8.89. The van der Waals surface area contributed by atoms with Crippen LogP contribution in [-0.4, -0.2) is 57.6 Å². The molecule has 4 aliphatic carbocycles. The van der Waals surface area contributed by atoms with Crippen LogP contribution in [0, 0.1) is 23.7 Å². The normalized spacial score (nSPS) is 24.9. The zero-order chi connectivity index (χ0) is 30.9. The first-order valence-electron chi connectivity index (χ1n) is 15.6. The lowest BCUT2D eigenvalue weighted by Gasteiger charge is -2.57. The molecule has 0 saturated heterocycles. The molecule has 2 aromatic carbocycles. The molecule has 8 nitrogen and oxygen atoms in total. The second kappa shape index (κ2) is 12.5. The highest BCUT2D eigenvalue weighted by Gasteiger charge is 2.51. The van der Waals surface area contributed by atoms with Crippen LogP contribution in [0.25, 0.3) is 0 Å². The van der Waals surface area contributed by atoms with Gasteiger partial charge in [-0.3, -0.25) is 13.9 Å². The Kier molecular flexibility index (Phi) is 9.12. The predicted molar refractivity (Wildman–Crippen MR) is 169 cm³/mol. The molecule has 1 N–H and O–H groups in total. The summed E-state index contributed by atoms with van der Waals surface area (Å²) in [6.45, 7) is 5.93. The number of rotatable bonds is 12. The van der Waals surface area contributed by atoms with Gasteiger partial charge in [-0.05, 0) is 110 Å². The molecule has 0 radical (unpaired) electrons. The second-order valence-corrected chi connectivity index (χ2v) is 15.6. The topological polar surface area (TPSA) is 96.0 Å². The van der Waals surface area contributed by atoms with E-state index >= 15 is 0 Å². The molecular weight excluding hydrogens is 562 g/mol. The summed E-state index contributed by atoms with van der Waals surface area (Å²) >= 11 is 0. The molecule has 0 aromatic heterocycles. The quantitative estimate of drug-likeness (QED) is 0.361. The van der Waals surface area contributed by atoms with Crippen molar-refractivity contribution < 1.29 is 22.7 Å². The van der Waals surface area contributed by atoms with Gasteiger partial charge in [0.25, 0.3) is 0 Å². The number of anilines is 1. The van der Waals surface area contributed by atoms with Gasteiger partial charge in [0.1, 0.15) is 18.3 Å². The van der Waals surface area contributed by atoms with E-state index in [2.05, 4.69) is 17.4 Å². The lowest BCUT2D eigenvalue weighted by Crippen LogP contribution is -2.51. The van der Waals surface area contributed by atoms with Crippen LogP contribution in [0.1, 0.15) is 70.4 Å². The molecule has 4 bridgehead atoms. The van der Waals surface area contributed by atoms with Gasteiger partial charge in [0, 0.05) is 13.1 Å². The van der Waals surface area contributed by atoms with Crippen LogP contribution in [0.5, 0.6) is 5.75 Å². The van der Waals surface area contributed by atoms with E-state index < -0.39 is 28.5 Å². The summed E-state index contributed by atoms with van der Waals surface area (Å²) in [4.78, 5) is 28.4. The van der Waals surface area contributed by atoms with Crippen LogP contribution < -0.4 is 14.4 Å². The Balaban J connectivity index is 1.37. The van der Waals surface area contributed by atoms with Crippen molar-refractivity contribution in [2.75, 3.05) is 30.8 Å². The van der Waals surface area contributed by atoms with E-state index in [1.807, 2.05) is 38.1 Å². The third-order valence-corrected chi connectivity index (χ3v) is 11.0. The van der Waals surface area contributed by atoms with Crippen molar-refractivity contribution in [3.05, 3.63) is 59.7 Å². The number of benzene rings is 2. The Bertz CT molecular complexity index is 1370. The summed E-state index contributed by atoms with van der Waals surface area (Å²) in [5, 5.41) is 2.91. The number of amides is 2. The number of methoxy groups -OCH3 is 1. The van der Waals surface area contributed by atoms with E-state index in [0.717, 1.165) is 29.6 Å². The van der Waals surface area contributed by atoms with Crippen molar-refractivity contribution in [2.45, 2.75) is 77.3 Å². The average molecular weight is 610 g/mol. The van der Waals surface area contributed by atoms with Crippen LogP contribution in [-0.2, 0) is 31.6 Å². The Morgan fingerprint density at radius 3 is 1.98 bits per heavy atom. The molecule has 1 atom stereocenters. The zero-order valence-electron chi connectivity index (χ0n) is 26.2. The Morgan fingerprint density at radius 1 is 0.930 bits per heavy atom. The maximum atomic E-state index is 13.9. The van der Waals surface area contributed by atoms with Crippen LogP contribution in [0.15, 0.2) is 48.5 Å². The van der Waals surface area contributed by atoms with Crippen LogP contribution >= 0.6 is 0 Å². The molecule has 2 aromatic rings. The van der Waals surface area contributed by atoms with Crippen molar-refractivity contribution in [1.82, 2.24) is 10.2 Å². The molecule has 6 rings (SSSR count). The van der Waals surface area contributed by atoms with E-state index in [9.17, 15) is 18.0 Å². The van der Waals surface area contributed by atoms with Gasteiger partial charge >= 0.3 is 0 Å². The molecule has 9 heteroatoms. The molecule has 0 aliphatic heterocycles. The van der Waals surface area contributed by atoms with Gasteiger partial charge < -0.3 is 15.0 Å². The van der Waals surface area contributed by atoms with Crippen LogP contribution in [0.3, 0.4) is 0 Å². The highest BCUT2D eigenvalue weighted by Crippen LogP contribution is 2.60. The lowest BCUT2D eigenvalue weighted by atomic mass is 9.48. The van der Waals surface area contributed by atoms with Gasteiger partial charge in [0.2, 0.25) is 21.8 Å². The molecule has 43 heavy (non-hydrogen) atoms. The van der Waals surface area contributed by atoms with Gasteiger partial charge in [0.15, 0.2) is 0 Å². The molecule has 0 unspecified atom stereocenters. The van der Waals surface area contributed by atoms with E-state index in [1.54, 1.807) is 26.2 Å². The fourth-order valence-electron chi connectivity index (χ4n) is 8.02. The highest BCUT2D eigenvalue weighted by molar-refractivity contribution is 7.92. The number of sulfonamides is 1. The maximum absolute atomic E-state index is 13.9. The molecule has 234 valence electrons. The van der Waals surface area contributed by atoms with Crippen molar-refractivity contribution in [1.29, 1.82) is 0 Å². The van der Waals surface area contributed by atoms with Crippen molar-refractivity contribution in [2.24, 2.45) is 23.7 Å². The fourth-order valence-corrected chi connectivity index (χ4v) is 8.87. The SMILES string of the molecule is COc1ccc(CN(C(=O)CN(c2ccc(C34CC5CC(CC(C5)C3)C4)cc2)S(C)(=O)=O)[C@@H](C)C(=O)NCC(C)C)cc1.